The summed E-state index contributed by atoms with van der Waals surface area (Å²) in [6.07, 6.45) is 6.87. The molecule has 0 spiro atoms. The number of aliphatic hydroxyl groups excluding tert-OH is 2. The standard InChI is InChI=1S/C31H47NO6/c1-16(2)9-8-10-19(28(36)37)24-21-15-23(35)26-29(5)13-12-22(34)17(3)20(29)11-14-30(26,6)31(21,7)27(32)25(24)38-18(4)33/h8-10,17,20-23,25-27,34-35H,11-15,32H2,1-7H3,(H,36,37)/b10-8+,24-19-/t17-,20-,21-,22+,23+,25+,26-,27+,29-,30-,31+/m0/s1. The quantitative estimate of drug-likeness (QED) is 0.242. The van der Waals surface area contributed by atoms with Gasteiger partial charge in [0, 0.05) is 6.92 Å². The maximum absolute atomic E-state index is 12.6. The monoisotopic (exact) mass is 529 g/mol. The summed E-state index contributed by atoms with van der Waals surface area (Å²) in [5.74, 6) is -1.58. The summed E-state index contributed by atoms with van der Waals surface area (Å²) in [5.41, 5.74) is 7.48. The van der Waals surface area contributed by atoms with Crippen LogP contribution >= 0.6 is 0 Å². The van der Waals surface area contributed by atoms with Crippen molar-refractivity contribution in [3.63, 3.8) is 0 Å². The Hall–Kier alpha value is -1.96. The molecule has 7 heteroatoms. The number of rotatable bonds is 4. The van der Waals surface area contributed by atoms with Crippen molar-refractivity contribution in [2.45, 2.75) is 105 Å². The van der Waals surface area contributed by atoms with Crippen molar-refractivity contribution in [2.24, 2.45) is 45.7 Å². The summed E-state index contributed by atoms with van der Waals surface area (Å²) in [6.45, 7) is 14.0. The number of hydrogen-bond acceptors (Lipinski definition) is 6. The smallest absolute Gasteiger partial charge is 0.335 e. The Morgan fingerprint density at radius 1 is 1.05 bits per heavy atom. The zero-order valence-corrected chi connectivity index (χ0v) is 24.0. The first-order valence-electron chi connectivity index (χ1n) is 14.2. The molecule has 0 aromatic heterocycles. The van der Waals surface area contributed by atoms with Gasteiger partial charge >= 0.3 is 11.9 Å². The van der Waals surface area contributed by atoms with E-state index in [9.17, 15) is 24.9 Å². The van der Waals surface area contributed by atoms with E-state index in [0.29, 0.717) is 18.4 Å². The van der Waals surface area contributed by atoms with Crippen LogP contribution in [0.2, 0.25) is 0 Å². The Morgan fingerprint density at radius 2 is 1.71 bits per heavy atom. The van der Waals surface area contributed by atoms with Crippen molar-refractivity contribution < 1.29 is 29.6 Å². The molecule has 0 aromatic carbocycles. The van der Waals surface area contributed by atoms with Crippen LogP contribution < -0.4 is 5.73 Å². The van der Waals surface area contributed by atoms with Crippen LogP contribution in [0.15, 0.2) is 34.9 Å². The highest BCUT2D eigenvalue weighted by molar-refractivity contribution is 5.91. The summed E-state index contributed by atoms with van der Waals surface area (Å²) in [5, 5.41) is 32.9. The topological polar surface area (TPSA) is 130 Å². The van der Waals surface area contributed by atoms with Gasteiger partial charge in [0.25, 0.3) is 0 Å². The molecule has 4 rings (SSSR count). The number of hydrogen-bond donors (Lipinski definition) is 4. The number of aliphatic hydroxyl groups is 2. The summed E-state index contributed by atoms with van der Waals surface area (Å²) >= 11 is 0. The Labute approximate surface area is 227 Å². The molecular weight excluding hydrogens is 482 g/mol. The third kappa shape index (κ3) is 4.11. The minimum Gasteiger partial charge on any atom is -0.478 e. The van der Waals surface area contributed by atoms with E-state index in [1.807, 2.05) is 19.9 Å². The number of esters is 1. The lowest BCUT2D eigenvalue weighted by molar-refractivity contribution is -0.237. The van der Waals surface area contributed by atoms with Gasteiger partial charge in [0.1, 0.15) is 6.10 Å². The van der Waals surface area contributed by atoms with Crippen LogP contribution in [-0.2, 0) is 14.3 Å². The number of ether oxygens (including phenoxy) is 1. The summed E-state index contributed by atoms with van der Waals surface area (Å²) in [7, 11) is 0. The normalized spacial score (nSPS) is 47.5. The molecular formula is C31H47NO6. The maximum atomic E-state index is 12.6. The van der Waals surface area contributed by atoms with Crippen molar-refractivity contribution >= 4 is 11.9 Å². The van der Waals surface area contributed by atoms with Gasteiger partial charge in [-0.1, -0.05) is 45.4 Å². The van der Waals surface area contributed by atoms with Gasteiger partial charge in [-0.15, -0.1) is 0 Å². The first kappa shape index (κ1) is 29.0. The molecule has 4 saturated carbocycles. The molecule has 0 aliphatic heterocycles. The van der Waals surface area contributed by atoms with Crippen molar-refractivity contribution in [1.29, 1.82) is 0 Å². The Morgan fingerprint density at radius 3 is 2.29 bits per heavy atom. The van der Waals surface area contributed by atoms with Crippen LogP contribution in [0.5, 0.6) is 0 Å². The molecule has 4 aliphatic carbocycles. The fourth-order valence-corrected chi connectivity index (χ4v) is 9.64. The molecule has 38 heavy (non-hydrogen) atoms. The van der Waals surface area contributed by atoms with E-state index >= 15 is 0 Å². The number of carbonyl (C=O) groups is 2. The maximum Gasteiger partial charge on any atom is 0.335 e. The third-order valence-electron chi connectivity index (χ3n) is 11.5. The van der Waals surface area contributed by atoms with Crippen LogP contribution in [0.4, 0.5) is 0 Å². The molecule has 0 heterocycles. The average molecular weight is 530 g/mol. The van der Waals surface area contributed by atoms with Crippen LogP contribution in [0, 0.1) is 39.9 Å². The molecule has 0 saturated heterocycles. The molecule has 212 valence electrons. The summed E-state index contributed by atoms with van der Waals surface area (Å²) < 4.78 is 5.83. The number of aliphatic carboxylic acids is 1. The van der Waals surface area contributed by atoms with Gasteiger partial charge in [-0.25, -0.2) is 4.79 Å². The lowest BCUT2D eigenvalue weighted by Gasteiger charge is -2.69. The van der Waals surface area contributed by atoms with E-state index in [1.165, 1.54) is 6.92 Å². The van der Waals surface area contributed by atoms with Crippen molar-refractivity contribution in [2.75, 3.05) is 0 Å². The van der Waals surface area contributed by atoms with Crippen molar-refractivity contribution in [3.8, 4) is 0 Å². The van der Waals surface area contributed by atoms with E-state index in [0.717, 1.165) is 24.8 Å². The summed E-state index contributed by atoms with van der Waals surface area (Å²) in [6, 6.07) is -0.621. The minimum absolute atomic E-state index is 0.0668. The Bertz CT molecular complexity index is 1070. The fraction of sp³-hybridized carbons (Fsp3) is 0.742. The second kappa shape index (κ2) is 9.90. The van der Waals surface area contributed by atoms with Gasteiger partial charge in [0.2, 0.25) is 0 Å². The number of carboxylic acid groups (broad SMARTS) is 1. The molecule has 4 fully saturated rings. The van der Waals surface area contributed by atoms with Crippen LogP contribution in [0.25, 0.3) is 0 Å². The molecule has 5 N–H and O–H groups in total. The first-order chi connectivity index (χ1) is 17.6. The molecule has 0 amide bonds. The van der Waals surface area contributed by atoms with E-state index in [4.69, 9.17) is 10.5 Å². The molecule has 0 aromatic rings. The van der Waals surface area contributed by atoms with E-state index in [1.54, 1.807) is 12.2 Å². The minimum atomic E-state index is -1.10. The van der Waals surface area contributed by atoms with E-state index < -0.39 is 41.0 Å². The SMILES string of the molecule is CC(=O)O[C@@H]1/C(=C(/C=C/C=C(C)C)C(=O)O)[C@@H]2C[C@@H](O)[C@H]3[C@@]4(C)CC[C@@H](O)[C@@H](C)[C@@H]4CC[C@]3(C)[C@@]2(C)[C@@H]1N. The number of carbonyl (C=O) groups excluding carboxylic acids is 1. The second-order valence-electron chi connectivity index (χ2n) is 13.5. The highest BCUT2D eigenvalue weighted by Gasteiger charge is 2.73. The molecule has 0 bridgehead atoms. The zero-order chi connectivity index (χ0) is 28.4. The summed E-state index contributed by atoms with van der Waals surface area (Å²) in [4.78, 5) is 24.9. The number of carboxylic acids is 1. The highest BCUT2D eigenvalue weighted by Crippen LogP contribution is 2.74. The van der Waals surface area contributed by atoms with Crippen LogP contribution in [0.1, 0.15) is 80.6 Å². The van der Waals surface area contributed by atoms with Crippen LogP contribution in [-0.4, -0.2) is 51.6 Å². The van der Waals surface area contributed by atoms with Crippen molar-refractivity contribution in [1.82, 2.24) is 0 Å². The number of nitrogens with two attached hydrogens (primary N) is 1. The molecule has 11 atom stereocenters. The average Bonchev–Trinajstić information content (AvgIpc) is 3.01. The fourth-order valence-electron chi connectivity index (χ4n) is 9.64. The van der Waals surface area contributed by atoms with E-state index in [2.05, 4.69) is 27.7 Å². The zero-order valence-electron chi connectivity index (χ0n) is 24.0. The third-order valence-corrected chi connectivity index (χ3v) is 11.5. The molecule has 0 unspecified atom stereocenters. The van der Waals surface area contributed by atoms with Gasteiger partial charge < -0.3 is 25.8 Å². The largest absolute Gasteiger partial charge is 0.478 e. The predicted molar refractivity (Wildman–Crippen MR) is 146 cm³/mol. The highest BCUT2D eigenvalue weighted by atomic mass is 16.5. The predicted octanol–water partition coefficient (Wildman–Crippen LogP) is 4.38. The van der Waals surface area contributed by atoms with Gasteiger partial charge in [0.15, 0.2) is 0 Å². The Kier molecular flexibility index (Phi) is 7.56. The van der Waals surface area contributed by atoms with Crippen molar-refractivity contribution in [3.05, 3.63) is 34.9 Å². The molecule has 4 aliphatic rings. The van der Waals surface area contributed by atoms with Gasteiger partial charge in [-0.3, -0.25) is 4.79 Å². The number of fused-ring (bicyclic) bond motifs is 5. The van der Waals surface area contributed by atoms with Gasteiger partial charge in [-0.2, -0.15) is 0 Å². The van der Waals surface area contributed by atoms with Crippen LogP contribution in [0.3, 0.4) is 0 Å². The lowest BCUT2D eigenvalue weighted by Crippen LogP contribution is -2.68. The van der Waals surface area contributed by atoms with Gasteiger partial charge in [0.05, 0.1) is 23.8 Å². The molecule has 7 nitrogen and oxygen atoms in total. The second-order valence-corrected chi connectivity index (χ2v) is 13.5. The lowest BCUT2D eigenvalue weighted by atomic mass is 9.36. The number of allylic oxidation sites excluding steroid dienone is 3. The van der Waals surface area contributed by atoms with Gasteiger partial charge in [-0.05, 0) is 97.5 Å². The molecule has 0 radical (unpaired) electrons. The Balaban J connectivity index is 1.91. The first-order valence-corrected chi connectivity index (χ1v) is 14.2. The van der Waals surface area contributed by atoms with E-state index in [-0.39, 0.29) is 40.8 Å².